The number of halogens is 1. The molecule has 0 aliphatic carbocycles. The Bertz CT molecular complexity index is 595. The maximum Gasteiger partial charge on any atom is 0.231 e. The Hall–Kier alpha value is -1.80. The highest BCUT2D eigenvalue weighted by Crippen LogP contribution is 2.36. The predicted molar refractivity (Wildman–Crippen MR) is 72.8 cm³/mol. The molecule has 90 valence electrons. The molecule has 2 aromatic rings. The predicted octanol–water partition coefficient (Wildman–Crippen LogP) is 3.43. The van der Waals surface area contributed by atoms with Gasteiger partial charge in [-0.1, -0.05) is 54.1 Å². The van der Waals surface area contributed by atoms with Gasteiger partial charge in [-0.15, -0.1) is 0 Å². The molecule has 18 heavy (non-hydrogen) atoms. The molecule has 1 heterocycles. The normalized spacial score (nSPS) is 13.8. The van der Waals surface area contributed by atoms with Gasteiger partial charge in [-0.05, 0) is 17.2 Å². The molecular weight excluding hydrogens is 246 g/mol. The number of carbonyl (C=O) groups is 1. The highest BCUT2D eigenvalue weighted by atomic mass is 35.5. The summed E-state index contributed by atoms with van der Waals surface area (Å²) in [6, 6.07) is 15.6. The third-order valence-corrected chi connectivity index (χ3v) is 3.47. The zero-order chi connectivity index (χ0) is 12.5. The van der Waals surface area contributed by atoms with Crippen molar-refractivity contribution in [1.82, 2.24) is 0 Å². The summed E-state index contributed by atoms with van der Waals surface area (Å²) in [7, 11) is 0. The fraction of sp³-hybridized carbons (Fsp3) is 0.133. The lowest BCUT2D eigenvalue weighted by atomic mass is 10.1. The summed E-state index contributed by atoms with van der Waals surface area (Å²) < 4.78 is 0. The van der Waals surface area contributed by atoms with Gasteiger partial charge in [0.15, 0.2) is 0 Å². The number of hydrogen-bond acceptors (Lipinski definition) is 1. The number of amides is 1. The van der Waals surface area contributed by atoms with Gasteiger partial charge in [-0.2, -0.15) is 0 Å². The van der Waals surface area contributed by atoms with E-state index >= 15 is 0 Å². The summed E-state index contributed by atoms with van der Waals surface area (Å²) in [6.45, 7) is 0.580. The molecule has 0 saturated carbocycles. The van der Waals surface area contributed by atoms with E-state index < -0.39 is 0 Å². The molecule has 0 N–H and O–H groups in total. The van der Waals surface area contributed by atoms with Crippen molar-refractivity contribution in [2.75, 3.05) is 4.90 Å². The Kier molecular flexibility index (Phi) is 2.80. The lowest BCUT2D eigenvalue weighted by molar-refractivity contribution is -0.117. The molecule has 0 atom stereocenters. The van der Waals surface area contributed by atoms with Crippen molar-refractivity contribution in [3.8, 4) is 0 Å². The van der Waals surface area contributed by atoms with Crippen molar-refractivity contribution >= 4 is 23.2 Å². The van der Waals surface area contributed by atoms with Crippen LogP contribution in [0.4, 0.5) is 5.69 Å². The fourth-order valence-corrected chi connectivity index (χ4v) is 2.62. The van der Waals surface area contributed by atoms with Gasteiger partial charge >= 0.3 is 0 Å². The van der Waals surface area contributed by atoms with E-state index in [9.17, 15) is 4.79 Å². The molecule has 2 aromatic carbocycles. The van der Waals surface area contributed by atoms with Crippen molar-refractivity contribution in [3.63, 3.8) is 0 Å². The molecule has 0 fully saturated rings. The van der Waals surface area contributed by atoms with Crippen LogP contribution in [0.3, 0.4) is 0 Å². The Morgan fingerprint density at radius 2 is 1.83 bits per heavy atom. The Morgan fingerprint density at radius 3 is 2.61 bits per heavy atom. The number of anilines is 1. The van der Waals surface area contributed by atoms with Gasteiger partial charge < -0.3 is 4.90 Å². The maximum absolute atomic E-state index is 12.1. The third-order valence-electron chi connectivity index (χ3n) is 3.17. The molecule has 0 bridgehead atoms. The van der Waals surface area contributed by atoms with Crippen molar-refractivity contribution in [1.29, 1.82) is 0 Å². The van der Waals surface area contributed by atoms with E-state index in [-0.39, 0.29) is 5.91 Å². The van der Waals surface area contributed by atoms with E-state index in [1.807, 2.05) is 48.5 Å². The van der Waals surface area contributed by atoms with Gasteiger partial charge in [0.2, 0.25) is 5.91 Å². The van der Waals surface area contributed by atoms with Gasteiger partial charge in [-0.3, -0.25) is 4.79 Å². The second-order valence-electron chi connectivity index (χ2n) is 4.39. The second-order valence-corrected chi connectivity index (χ2v) is 4.80. The van der Waals surface area contributed by atoms with Crippen LogP contribution in [0.5, 0.6) is 0 Å². The smallest absolute Gasteiger partial charge is 0.231 e. The highest BCUT2D eigenvalue weighted by molar-refractivity contribution is 6.34. The number of nitrogens with zero attached hydrogens (tertiary/aromatic N) is 1. The van der Waals surface area contributed by atoms with Crippen molar-refractivity contribution in [3.05, 3.63) is 64.7 Å². The Balaban J connectivity index is 1.97. The van der Waals surface area contributed by atoms with Gasteiger partial charge in [0, 0.05) is 0 Å². The Labute approximate surface area is 111 Å². The van der Waals surface area contributed by atoms with Crippen LogP contribution in [-0.2, 0) is 17.8 Å². The van der Waals surface area contributed by atoms with E-state index in [0.717, 1.165) is 16.8 Å². The average Bonchev–Trinajstić information content (AvgIpc) is 2.69. The van der Waals surface area contributed by atoms with Crippen LogP contribution in [0.15, 0.2) is 48.5 Å². The van der Waals surface area contributed by atoms with E-state index in [2.05, 4.69) is 0 Å². The quantitative estimate of drug-likeness (QED) is 0.807. The van der Waals surface area contributed by atoms with Crippen molar-refractivity contribution in [2.24, 2.45) is 0 Å². The molecule has 1 aliphatic rings. The molecular formula is C15H12ClNO. The molecule has 3 heteroatoms. The lowest BCUT2D eigenvalue weighted by Gasteiger charge is -2.18. The summed E-state index contributed by atoms with van der Waals surface area (Å²) in [6.07, 6.45) is 0.447. The zero-order valence-corrected chi connectivity index (χ0v) is 10.5. The first-order valence-corrected chi connectivity index (χ1v) is 6.25. The molecule has 0 saturated heterocycles. The summed E-state index contributed by atoms with van der Waals surface area (Å²) >= 11 is 6.20. The SMILES string of the molecule is O=C1Cc2cccc(Cl)c2N1Cc1ccccc1. The van der Waals surface area contributed by atoms with E-state index in [4.69, 9.17) is 11.6 Å². The number of hydrogen-bond donors (Lipinski definition) is 0. The number of benzene rings is 2. The first-order chi connectivity index (χ1) is 8.75. The van der Waals surface area contributed by atoms with Crippen LogP contribution < -0.4 is 4.90 Å². The van der Waals surface area contributed by atoms with Gasteiger partial charge in [0.1, 0.15) is 0 Å². The summed E-state index contributed by atoms with van der Waals surface area (Å²) in [5, 5.41) is 0.647. The zero-order valence-electron chi connectivity index (χ0n) is 9.77. The minimum Gasteiger partial charge on any atom is -0.306 e. The second kappa shape index (κ2) is 4.46. The van der Waals surface area contributed by atoms with Gasteiger partial charge in [-0.25, -0.2) is 0 Å². The van der Waals surface area contributed by atoms with Crippen molar-refractivity contribution in [2.45, 2.75) is 13.0 Å². The highest BCUT2D eigenvalue weighted by Gasteiger charge is 2.28. The fourth-order valence-electron chi connectivity index (χ4n) is 2.32. The number of para-hydroxylation sites is 1. The van der Waals surface area contributed by atoms with Gasteiger partial charge in [0.05, 0.1) is 23.7 Å². The first kappa shape index (κ1) is 11.3. The first-order valence-electron chi connectivity index (χ1n) is 5.87. The molecule has 0 spiro atoms. The van der Waals surface area contributed by atoms with Crippen LogP contribution in [-0.4, -0.2) is 5.91 Å². The van der Waals surface area contributed by atoms with Crippen molar-refractivity contribution < 1.29 is 4.79 Å². The summed E-state index contributed by atoms with van der Waals surface area (Å²) in [5.74, 6) is 0.113. The molecule has 0 radical (unpaired) electrons. The van der Waals surface area contributed by atoms with Crippen LogP contribution in [0.25, 0.3) is 0 Å². The third kappa shape index (κ3) is 1.89. The van der Waals surface area contributed by atoms with E-state index in [1.165, 1.54) is 0 Å². The van der Waals surface area contributed by atoms with Crippen LogP contribution in [0.2, 0.25) is 5.02 Å². The van der Waals surface area contributed by atoms with Crippen LogP contribution in [0.1, 0.15) is 11.1 Å². The maximum atomic E-state index is 12.1. The molecule has 3 rings (SSSR count). The van der Waals surface area contributed by atoms with E-state index in [1.54, 1.807) is 4.90 Å². The van der Waals surface area contributed by atoms with Gasteiger partial charge in [0.25, 0.3) is 0 Å². The van der Waals surface area contributed by atoms with Crippen LogP contribution in [0, 0.1) is 0 Å². The summed E-state index contributed by atoms with van der Waals surface area (Å²) in [4.78, 5) is 13.8. The number of fused-ring (bicyclic) bond motifs is 1. The number of carbonyl (C=O) groups excluding carboxylic acids is 1. The molecule has 2 nitrogen and oxygen atoms in total. The molecule has 1 amide bonds. The average molecular weight is 258 g/mol. The molecule has 0 unspecified atom stereocenters. The molecule has 0 aromatic heterocycles. The number of rotatable bonds is 2. The minimum absolute atomic E-state index is 0.113. The standard InChI is InChI=1S/C15H12ClNO/c16-13-8-4-7-12-9-14(18)17(15(12)13)10-11-5-2-1-3-6-11/h1-8H,9-10H2. The Morgan fingerprint density at radius 1 is 1.06 bits per heavy atom. The monoisotopic (exact) mass is 257 g/mol. The lowest BCUT2D eigenvalue weighted by Crippen LogP contribution is -2.26. The largest absolute Gasteiger partial charge is 0.306 e. The molecule has 1 aliphatic heterocycles. The summed E-state index contributed by atoms with van der Waals surface area (Å²) in [5.41, 5.74) is 3.00. The van der Waals surface area contributed by atoms with E-state index in [0.29, 0.717) is 18.0 Å². The minimum atomic E-state index is 0.113. The van der Waals surface area contributed by atoms with Crippen LogP contribution >= 0.6 is 11.6 Å². The topological polar surface area (TPSA) is 20.3 Å².